The number of carbonyl (C=O) groups is 1. The van der Waals surface area contributed by atoms with Gasteiger partial charge in [0.05, 0.1) is 5.69 Å². The van der Waals surface area contributed by atoms with Crippen LogP contribution in [-0.2, 0) is 4.79 Å². The SMILES string of the molecule is O=C(/C=C/c1ccc(Br)o1)Nc1ccc(Br)cc1F. The number of amides is 1. The van der Waals surface area contributed by atoms with E-state index < -0.39 is 11.7 Å². The van der Waals surface area contributed by atoms with E-state index in [0.29, 0.717) is 14.9 Å². The molecule has 0 aliphatic heterocycles. The quantitative estimate of drug-likeness (QED) is 0.781. The lowest BCUT2D eigenvalue weighted by molar-refractivity contribution is -0.111. The molecule has 1 N–H and O–H groups in total. The molecule has 0 aliphatic rings. The zero-order valence-electron chi connectivity index (χ0n) is 9.49. The lowest BCUT2D eigenvalue weighted by Gasteiger charge is -2.03. The summed E-state index contributed by atoms with van der Waals surface area (Å²) >= 11 is 6.30. The van der Waals surface area contributed by atoms with E-state index in [1.165, 1.54) is 24.3 Å². The van der Waals surface area contributed by atoms with Crippen molar-refractivity contribution >= 4 is 49.5 Å². The van der Waals surface area contributed by atoms with Gasteiger partial charge in [-0.15, -0.1) is 0 Å². The molecule has 1 amide bonds. The van der Waals surface area contributed by atoms with E-state index in [4.69, 9.17) is 4.42 Å². The molecule has 0 unspecified atom stereocenters. The fraction of sp³-hybridized carbons (Fsp3) is 0. The highest BCUT2D eigenvalue weighted by atomic mass is 79.9. The van der Waals surface area contributed by atoms with Crippen LogP contribution in [0.5, 0.6) is 0 Å². The number of halogens is 3. The van der Waals surface area contributed by atoms with E-state index in [9.17, 15) is 9.18 Å². The van der Waals surface area contributed by atoms with Crippen LogP contribution in [0.25, 0.3) is 6.08 Å². The van der Waals surface area contributed by atoms with Gasteiger partial charge in [-0.3, -0.25) is 4.79 Å². The molecular formula is C13H8Br2FNO2. The standard InChI is InChI=1S/C13H8Br2FNO2/c14-8-1-4-11(10(16)7-8)17-13(18)6-3-9-2-5-12(15)19-9/h1-7H,(H,17,18)/b6-3+. The first-order valence-electron chi connectivity index (χ1n) is 5.24. The molecule has 0 radical (unpaired) electrons. The number of hydrogen-bond acceptors (Lipinski definition) is 2. The monoisotopic (exact) mass is 387 g/mol. The van der Waals surface area contributed by atoms with Crippen molar-refractivity contribution in [3.05, 3.63) is 57.1 Å². The van der Waals surface area contributed by atoms with E-state index in [2.05, 4.69) is 37.2 Å². The van der Waals surface area contributed by atoms with Gasteiger partial charge in [-0.25, -0.2) is 4.39 Å². The van der Waals surface area contributed by atoms with Crippen molar-refractivity contribution in [1.29, 1.82) is 0 Å². The highest BCUT2D eigenvalue weighted by molar-refractivity contribution is 9.10. The van der Waals surface area contributed by atoms with E-state index in [1.54, 1.807) is 18.2 Å². The van der Waals surface area contributed by atoms with Gasteiger partial charge in [0.2, 0.25) is 5.91 Å². The van der Waals surface area contributed by atoms with Crippen LogP contribution in [0, 0.1) is 5.82 Å². The van der Waals surface area contributed by atoms with Crippen LogP contribution >= 0.6 is 31.9 Å². The van der Waals surface area contributed by atoms with Crippen molar-refractivity contribution in [1.82, 2.24) is 0 Å². The number of rotatable bonds is 3. The van der Waals surface area contributed by atoms with Crippen LogP contribution in [0.4, 0.5) is 10.1 Å². The fourth-order valence-corrected chi connectivity index (χ4v) is 1.99. The predicted molar refractivity (Wildman–Crippen MR) is 78.2 cm³/mol. The number of anilines is 1. The first-order valence-corrected chi connectivity index (χ1v) is 6.82. The highest BCUT2D eigenvalue weighted by Gasteiger charge is 2.05. The zero-order chi connectivity index (χ0) is 13.8. The van der Waals surface area contributed by atoms with Crippen molar-refractivity contribution < 1.29 is 13.6 Å². The minimum absolute atomic E-state index is 0.124. The summed E-state index contributed by atoms with van der Waals surface area (Å²) in [5.41, 5.74) is 0.124. The molecule has 19 heavy (non-hydrogen) atoms. The number of benzene rings is 1. The Morgan fingerprint density at radius 1 is 1.26 bits per heavy atom. The van der Waals surface area contributed by atoms with Crippen molar-refractivity contribution in [2.24, 2.45) is 0 Å². The summed E-state index contributed by atoms with van der Waals surface area (Å²) in [4.78, 5) is 11.6. The Morgan fingerprint density at radius 3 is 2.68 bits per heavy atom. The van der Waals surface area contributed by atoms with E-state index in [-0.39, 0.29) is 5.69 Å². The molecule has 0 saturated carbocycles. The Balaban J connectivity index is 2.03. The zero-order valence-corrected chi connectivity index (χ0v) is 12.7. The Bertz CT molecular complexity index is 637. The number of furan rings is 1. The average molecular weight is 389 g/mol. The molecule has 2 rings (SSSR count). The maximum absolute atomic E-state index is 13.5. The van der Waals surface area contributed by atoms with Crippen molar-refractivity contribution in [2.45, 2.75) is 0 Å². The summed E-state index contributed by atoms with van der Waals surface area (Å²) < 4.78 is 19.9. The molecule has 3 nitrogen and oxygen atoms in total. The van der Waals surface area contributed by atoms with Gasteiger partial charge in [0.15, 0.2) is 4.67 Å². The summed E-state index contributed by atoms with van der Waals surface area (Å²) in [6.07, 6.45) is 2.77. The average Bonchev–Trinajstić information content (AvgIpc) is 2.76. The maximum atomic E-state index is 13.5. The van der Waals surface area contributed by atoms with Gasteiger partial charge in [0, 0.05) is 10.5 Å². The lowest BCUT2D eigenvalue weighted by atomic mass is 10.3. The molecule has 2 aromatic rings. The van der Waals surface area contributed by atoms with Crippen LogP contribution < -0.4 is 5.32 Å². The molecular weight excluding hydrogens is 381 g/mol. The largest absolute Gasteiger partial charge is 0.450 e. The predicted octanol–water partition coefficient (Wildman–Crippen LogP) is 4.60. The second-order valence-corrected chi connectivity index (χ2v) is 5.29. The van der Waals surface area contributed by atoms with Gasteiger partial charge in [0.1, 0.15) is 11.6 Å². The van der Waals surface area contributed by atoms with Crippen LogP contribution in [0.1, 0.15) is 5.76 Å². The molecule has 6 heteroatoms. The molecule has 1 aromatic carbocycles. The molecule has 0 saturated heterocycles. The van der Waals surface area contributed by atoms with Crippen LogP contribution in [0.15, 0.2) is 50.0 Å². The third kappa shape index (κ3) is 4.04. The van der Waals surface area contributed by atoms with Gasteiger partial charge in [0.25, 0.3) is 0 Å². The minimum Gasteiger partial charge on any atom is -0.450 e. The minimum atomic E-state index is -0.503. The van der Waals surface area contributed by atoms with Crippen molar-refractivity contribution in [3.8, 4) is 0 Å². The summed E-state index contributed by atoms with van der Waals surface area (Å²) in [7, 11) is 0. The number of hydrogen-bond donors (Lipinski definition) is 1. The third-order valence-electron chi connectivity index (χ3n) is 2.18. The normalized spacial score (nSPS) is 10.9. The lowest BCUT2D eigenvalue weighted by Crippen LogP contribution is -2.09. The molecule has 0 bridgehead atoms. The molecule has 0 fully saturated rings. The second kappa shape index (κ2) is 6.16. The van der Waals surface area contributed by atoms with E-state index in [1.807, 2.05) is 0 Å². The summed E-state index contributed by atoms with van der Waals surface area (Å²) in [5.74, 6) is -0.413. The summed E-state index contributed by atoms with van der Waals surface area (Å²) in [6, 6.07) is 7.82. The summed E-state index contributed by atoms with van der Waals surface area (Å²) in [5, 5.41) is 2.44. The molecule has 0 spiro atoms. The van der Waals surface area contributed by atoms with Gasteiger partial charge < -0.3 is 9.73 Å². The molecule has 1 aromatic heterocycles. The molecule has 0 aliphatic carbocycles. The van der Waals surface area contributed by atoms with Crippen molar-refractivity contribution in [3.63, 3.8) is 0 Å². The Labute approximate surface area is 125 Å². The maximum Gasteiger partial charge on any atom is 0.248 e. The van der Waals surface area contributed by atoms with Crippen LogP contribution in [0.3, 0.4) is 0 Å². The van der Waals surface area contributed by atoms with Gasteiger partial charge in [-0.05, 0) is 52.3 Å². The van der Waals surface area contributed by atoms with Gasteiger partial charge in [-0.2, -0.15) is 0 Å². The first-order chi connectivity index (χ1) is 9.04. The Morgan fingerprint density at radius 2 is 2.05 bits per heavy atom. The van der Waals surface area contributed by atoms with E-state index >= 15 is 0 Å². The molecule has 98 valence electrons. The number of carbonyl (C=O) groups excluding carboxylic acids is 1. The van der Waals surface area contributed by atoms with Crippen LogP contribution in [-0.4, -0.2) is 5.91 Å². The molecule has 1 heterocycles. The molecule has 0 atom stereocenters. The van der Waals surface area contributed by atoms with Gasteiger partial charge in [-0.1, -0.05) is 15.9 Å². The Hall–Kier alpha value is -1.40. The smallest absolute Gasteiger partial charge is 0.248 e. The topological polar surface area (TPSA) is 42.2 Å². The first kappa shape index (κ1) is 14.0. The Kier molecular flexibility index (Phi) is 4.55. The highest BCUT2D eigenvalue weighted by Crippen LogP contribution is 2.19. The third-order valence-corrected chi connectivity index (χ3v) is 3.10. The van der Waals surface area contributed by atoms with Gasteiger partial charge >= 0.3 is 0 Å². The van der Waals surface area contributed by atoms with Crippen LogP contribution in [0.2, 0.25) is 0 Å². The van der Waals surface area contributed by atoms with E-state index in [0.717, 1.165) is 0 Å². The fourth-order valence-electron chi connectivity index (χ4n) is 1.34. The second-order valence-electron chi connectivity index (χ2n) is 3.59. The summed E-state index contributed by atoms with van der Waals surface area (Å²) in [6.45, 7) is 0. The number of nitrogens with one attached hydrogen (secondary N) is 1. The van der Waals surface area contributed by atoms with Crippen molar-refractivity contribution in [2.75, 3.05) is 5.32 Å².